The maximum Gasteiger partial charge on any atom is 0.123 e. The number of halogens is 1. The van der Waals surface area contributed by atoms with Crippen molar-refractivity contribution in [2.75, 3.05) is 13.6 Å². The smallest absolute Gasteiger partial charge is 0.123 e. The molecule has 1 nitrogen and oxygen atoms in total. The molecule has 4 rings (SSSR count). The average Bonchev–Trinajstić information content (AvgIpc) is 2.89. The maximum absolute atomic E-state index is 13.4. The van der Waals surface area contributed by atoms with E-state index in [9.17, 15) is 4.39 Å². The van der Waals surface area contributed by atoms with Gasteiger partial charge in [0.25, 0.3) is 0 Å². The predicted octanol–water partition coefficient (Wildman–Crippen LogP) is 4.62. The summed E-state index contributed by atoms with van der Waals surface area (Å²) in [6.45, 7) is 2.03. The first-order valence-electron chi connectivity index (χ1n) is 7.16. The Hall–Kier alpha value is -1.71. The molecule has 0 fully saturated rings. The minimum atomic E-state index is -0.159. The molecule has 2 aromatic carbocycles. The van der Waals surface area contributed by atoms with Gasteiger partial charge in [0.15, 0.2) is 0 Å². The molecule has 3 heteroatoms. The number of hydrogen-bond acceptors (Lipinski definition) is 2. The summed E-state index contributed by atoms with van der Waals surface area (Å²) in [6, 6.07) is 15.9. The van der Waals surface area contributed by atoms with Crippen LogP contribution in [-0.4, -0.2) is 18.5 Å². The Bertz CT molecular complexity index is 808. The van der Waals surface area contributed by atoms with Gasteiger partial charge in [-0.1, -0.05) is 24.3 Å². The zero-order chi connectivity index (χ0) is 14.4. The maximum atomic E-state index is 13.4. The van der Waals surface area contributed by atoms with Crippen LogP contribution in [0.15, 0.2) is 48.5 Å². The van der Waals surface area contributed by atoms with Gasteiger partial charge in [0.05, 0.1) is 0 Å². The molecule has 0 aliphatic carbocycles. The summed E-state index contributed by atoms with van der Waals surface area (Å²) in [6.07, 6.45) is 0. The van der Waals surface area contributed by atoms with Gasteiger partial charge in [0.2, 0.25) is 0 Å². The molecule has 1 aromatic heterocycles. The molecule has 106 valence electrons. The summed E-state index contributed by atoms with van der Waals surface area (Å²) in [5.74, 6) is 0.230. The largest absolute Gasteiger partial charge is 0.301 e. The van der Waals surface area contributed by atoms with Crippen LogP contribution in [-0.2, 0) is 6.54 Å². The van der Waals surface area contributed by atoms with Gasteiger partial charge in [-0.15, -0.1) is 11.3 Å². The van der Waals surface area contributed by atoms with Crippen LogP contribution in [0.5, 0.6) is 0 Å². The summed E-state index contributed by atoms with van der Waals surface area (Å²) < 4.78 is 14.5. The third-order valence-corrected chi connectivity index (χ3v) is 5.44. The second-order valence-electron chi connectivity index (χ2n) is 5.78. The highest BCUT2D eigenvalue weighted by atomic mass is 32.1. The normalized spacial score (nSPS) is 18.9. The van der Waals surface area contributed by atoms with Crippen LogP contribution in [0.1, 0.15) is 21.9 Å². The molecule has 1 aliphatic rings. The summed E-state index contributed by atoms with van der Waals surface area (Å²) >= 11 is 1.78. The van der Waals surface area contributed by atoms with E-state index in [2.05, 4.69) is 42.3 Å². The molecular weight excluding hydrogens is 281 g/mol. The van der Waals surface area contributed by atoms with E-state index in [-0.39, 0.29) is 5.82 Å². The molecule has 21 heavy (non-hydrogen) atoms. The fraction of sp³-hybridized carbons (Fsp3) is 0.222. The summed E-state index contributed by atoms with van der Waals surface area (Å²) in [5, 5.41) is 1.01. The Morgan fingerprint density at radius 2 is 2.00 bits per heavy atom. The topological polar surface area (TPSA) is 3.24 Å². The van der Waals surface area contributed by atoms with Gasteiger partial charge in [-0.25, -0.2) is 4.39 Å². The van der Waals surface area contributed by atoms with Gasteiger partial charge in [0.1, 0.15) is 5.82 Å². The van der Waals surface area contributed by atoms with Crippen LogP contribution in [0, 0.1) is 5.82 Å². The Labute approximate surface area is 127 Å². The highest BCUT2D eigenvalue weighted by Crippen LogP contribution is 2.38. The van der Waals surface area contributed by atoms with Crippen molar-refractivity contribution in [1.29, 1.82) is 0 Å². The number of fused-ring (bicyclic) bond motifs is 2. The SMILES string of the molecule is CN1Cc2ccccc2C(c2cc3cc(F)ccc3s2)C1. The quantitative estimate of drug-likeness (QED) is 0.633. The van der Waals surface area contributed by atoms with Gasteiger partial charge in [-0.3, -0.25) is 0 Å². The Kier molecular flexibility index (Phi) is 3.05. The lowest BCUT2D eigenvalue weighted by Crippen LogP contribution is -2.30. The van der Waals surface area contributed by atoms with E-state index in [0.29, 0.717) is 5.92 Å². The lowest BCUT2D eigenvalue weighted by molar-refractivity contribution is 0.296. The minimum absolute atomic E-state index is 0.159. The van der Waals surface area contributed by atoms with Crippen LogP contribution in [0.2, 0.25) is 0 Å². The Morgan fingerprint density at radius 3 is 2.90 bits per heavy atom. The number of benzene rings is 2. The lowest BCUT2D eigenvalue weighted by Gasteiger charge is -2.31. The molecule has 0 amide bonds. The number of hydrogen-bond donors (Lipinski definition) is 0. The summed E-state index contributed by atoms with van der Waals surface area (Å²) in [7, 11) is 2.16. The molecule has 1 atom stereocenters. The number of likely N-dealkylation sites (N-methyl/N-ethyl adjacent to an activating group) is 1. The molecule has 1 unspecified atom stereocenters. The van der Waals surface area contributed by atoms with Crippen molar-refractivity contribution in [1.82, 2.24) is 4.90 Å². The molecule has 0 N–H and O–H groups in total. The van der Waals surface area contributed by atoms with E-state index in [1.54, 1.807) is 23.5 Å². The van der Waals surface area contributed by atoms with Gasteiger partial charge in [-0.05, 0) is 47.8 Å². The molecule has 0 radical (unpaired) electrons. The molecule has 1 aliphatic heterocycles. The Balaban J connectivity index is 1.84. The molecular formula is C18H16FNS. The van der Waals surface area contributed by atoms with Crippen molar-refractivity contribution in [3.8, 4) is 0 Å². The third kappa shape index (κ3) is 2.27. The van der Waals surface area contributed by atoms with Crippen molar-refractivity contribution in [3.05, 3.63) is 70.4 Å². The van der Waals surface area contributed by atoms with Crippen LogP contribution in [0.25, 0.3) is 10.1 Å². The fourth-order valence-corrected chi connectivity index (χ4v) is 4.39. The van der Waals surface area contributed by atoms with Gasteiger partial charge >= 0.3 is 0 Å². The predicted molar refractivity (Wildman–Crippen MR) is 86.4 cm³/mol. The molecule has 2 heterocycles. The van der Waals surface area contributed by atoms with E-state index in [0.717, 1.165) is 23.2 Å². The molecule has 0 saturated carbocycles. The highest BCUT2D eigenvalue weighted by molar-refractivity contribution is 7.19. The van der Waals surface area contributed by atoms with Crippen LogP contribution in [0.3, 0.4) is 0 Å². The van der Waals surface area contributed by atoms with Crippen LogP contribution in [0.4, 0.5) is 4.39 Å². The summed E-state index contributed by atoms with van der Waals surface area (Å²) in [5.41, 5.74) is 2.82. The van der Waals surface area contributed by atoms with Crippen molar-refractivity contribution in [2.45, 2.75) is 12.5 Å². The first kappa shape index (κ1) is 13.0. The molecule has 0 spiro atoms. The van der Waals surface area contributed by atoms with E-state index >= 15 is 0 Å². The summed E-state index contributed by atoms with van der Waals surface area (Å²) in [4.78, 5) is 3.69. The van der Waals surface area contributed by atoms with E-state index < -0.39 is 0 Å². The zero-order valence-corrected chi connectivity index (χ0v) is 12.7. The van der Waals surface area contributed by atoms with Crippen LogP contribution < -0.4 is 0 Å². The molecule has 3 aromatic rings. The Morgan fingerprint density at radius 1 is 1.14 bits per heavy atom. The van der Waals surface area contributed by atoms with E-state index in [4.69, 9.17) is 0 Å². The average molecular weight is 297 g/mol. The van der Waals surface area contributed by atoms with E-state index in [1.165, 1.54) is 16.0 Å². The van der Waals surface area contributed by atoms with Crippen molar-refractivity contribution < 1.29 is 4.39 Å². The van der Waals surface area contributed by atoms with Gasteiger partial charge < -0.3 is 4.90 Å². The van der Waals surface area contributed by atoms with E-state index in [1.807, 2.05) is 6.07 Å². The number of rotatable bonds is 1. The fourth-order valence-electron chi connectivity index (χ4n) is 3.23. The molecule has 0 saturated heterocycles. The first-order valence-corrected chi connectivity index (χ1v) is 7.98. The zero-order valence-electron chi connectivity index (χ0n) is 11.8. The van der Waals surface area contributed by atoms with Crippen LogP contribution >= 0.6 is 11.3 Å². The monoisotopic (exact) mass is 297 g/mol. The second-order valence-corrected chi connectivity index (χ2v) is 6.89. The standard InChI is InChI=1S/C18H16FNS/c1-20-10-12-4-2-3-5-15(12)16(11-20)18-9-13-8-14(19)6-7-17(13)21-18/h2-9,16H,10-11H2,1H3. The van der Waals surface area contributed by atoms with Gasteiger partial charge in [-0.2, -0.15) is 0 Å². The molecule has 0 bridgehead atoms. The van der Waals surface area contributed by atoms with Gasteiger partial charge in [0, 0.05) is 28.6 Å². The van der Waals surface area contributed by atoms with Crippen molar-refractivity contribution in [2.24, 2.45) is 0 Å². The second kappa shape index (κ2) is 4.93. The van der Waals surface area contributed by atoms with Crippen molar-refractivity contribution >= 4 is 21.4 Å². The first-order chi connectivity index (χ1) is 10.2. The third-order valence-electron chi connectivity index (χ3n) is 4.21. The number of thiophene rings is 1. The highest BCUT2D eigenvalue weighted by Gasteiger charge is 2.25. The lowest BCUT2D eigenvalue weighted by atomic mass is 9.89. The minimum Gasteiger partial charge on any atom is -0.301 e. The van der Waals surface area contributed by atoms with Crippen molar-refractivity contribution in [3.63, 3.8) is 0 Å². The number of nitrogens with zero attached hydrogens (tertiary/aromatic N) is 1.